The van der Waals surface area contributed by atoms with Crippen LogP contribution in [0.5, 0.6) is 0 Å². The van der Waals surface area contributed by atoms with Crippen molar-refractivity contribution in [3.63, 3.8) is 0 Å². The lowest BCUT2D eigenvalue weighted by Gasteiger charge is -2.28. The van der Waals surface area contributed by atoms with E-state index in [9.17, 15) is 4.39 Å². The molecule has 2 aliphatic heterocycles. The average molecular weight is 290 g/mol. The molecule has 0 saturated carbocycles. The third-order valence-corrected chi connectivity index (χ3v) is 3.14. The van der Waals surface area contributed by atoms with E-state index in [1.165, 1.54) is 12.1 Å². The molecule has 0 unspecified atom stereocenters. The Morgan fingerprint density at radius 1 is 1.29 bits per heavy atom. The van der Waals surface area contributed by atoms with Gasteiger partial charge in [-0.05, 0) is 18.2 Å². The maximum atomic E-state index is 13.1. The number of benzene rings is 1. The SMILES string of the molecule is NC1=NN=C(N2CCOCC2)/C1=N\Nc1cccc(F)c1. The lowest BCUT2D eigenvalue weighted by atomic mass is 10.2. The van der Waals surface area contributed by atoms with Crippen LogP contribution in [0.3, 0.4) is 0 Å². The Bertz CT molecular complexity index is 621. The normalized spacial score (nSPS) is 20.4. The summed E-state index contributed by atoms with van der Waals surface area (Å²) < 4.78 is 18.4. The minimum absolute atomic E-state index is 0.236. The van der Waals surface area contributed by atoms with Crippen molar-refractivity contribution in [2.45, 2.75) is 0 Å². The number of hydrazone groups is 1. The number of rotatable bonds is 2. The first-order valence-corrected chi connectivity index (χ1v) is 6.58. The van der Waals surface area contributed by atoms with E-state index in [4.69, 9.17) is 10.5 Å². The van der Waals surface area contributed by atoms with Crippen LogP contribution in [-0.2, 0) is 4.74 Å². The summed E-state index contributed by atoms with van der Waals surface area (Å²) >= 11 is 0. The van der Waals surface area contributed by atoms with Gasteiger partial charge >= 0.3 is 0 Å². The number of ether oxygens (including phenoxy) is 1. The van der Waals surface area contributed by atoms with Crippen LogP contribution >= 0.6 is 0 Å². The Hall–Kier alpha value is -2.48. The number of amidine groups is 2. The maximum absolute atomic E-state index is 13.1. The van der Waals surface area contributed by atoms with Gasteiger partial charge in [-0.3, -0.25) is 5.43 Å². The number of morpholine rings is 1. The second-order valence-corrected chi connectivity index (χ2v) is 4.59. The van der Waals surface area contributed by atoms with E-state index in [0.29, 0.717) is 43.5 Å². The van der Waals surface area contributed by atoms with Crippen molar-refractivity contribution < 1.29 is 9.13 Å². The summed E-state index contributed by atoms with van der Waals surface area (Å²) in [6.45, 7) is 2.67. The van der Waals surface area contributed by atoms with Gasteiger partial charge in [-0.25, -0.2) is 4.39 Å². The molecule has 110 valence electrons. The molecule has 3 rings (SSSR count). The van der Waals surface area contributed by atoms with E-state index in [-0.39, 0.29) is 11.7 Å². The molecule has 2 aliphatic rings. The number of halogens is 1. The first kappa shape index (κ1) is 13.5. The predicted molar refractivity (Wildman–Crippen MR) is 78.9 cm³/mol. The van der Waals surface area contributed by atoms with Gasteiger partial charge in [-0.15, -0.1) is 10.2 Å². The van der Waals surface area contributed by atoms with Crippen LogP contribution in [0.4, 0.5) is 10.1 Å². The zero-order valence-electron chi connectivity index (χ0n) is 11.3. The average Bonchev–Trinajstić information content (AvgIpc) is 2.87. The molecule has 1 saturated heterocycles. The van der Waals surface area contributed by atoms with Gasteiger partial charge in [0.2, 0.25) is 0 Å². The van der Waals surface area contributed by atoms with Crippen LogP contribution in [0.15, 0.2) is 39.6 Å². The molecule has 0 radical (unpaired) electrons. The van der Waals surface area contributed by atoms with Crippen LogP contribution in [-0.4, -0.2) is 48.6 Å². The van der Waals surface area contributed by atoms with Gasteiger partial charge in [-0.2, -0.15) is 5.10 Å². The van der Waals surface area contributed by atoms with Gasteiger partial charge in [0.25, 0.3) is 0 Å². The molecule has 0 aliphatic carbocycles. The fourth-order valence-corrected chi connectivity index (χ4v) is 2.08. The van der Waals surface area contributed by atoms with Crippen LogP contribution in [0.1, 0.15) is 0 Å². The van der Waals surface area contributed by atoms with E-state index in [1.807, 2.05) is 4.90 Å². The number of nitrogens with two attached hydrogens (primary N) is 1. The highest BCUT2D eigenvalue weighted by Gasteiger charge is 2.26. The summed E-state index contributed by atoms with van der Waals surface area (Å²) in [7, 11) is 0. The smallest absolute Gasteiger partial charge is 0.183 e. The van der Waals surface area contributed by atoms with Gasteiger partial charge in [0.05, 0.1) is 18.9 Å². The predicted octanol–water partition coefficient (Wildman–Crippen LogP) is 0.610. The Morgan fingerprint density at radius 3 is 2.86 bits per heavy atom. The van der Waals surface area contributed by atoms with Crippen molar-refractivity contribution >= 4 is 23.1 Å². The van der Waals surface area contributed by atoms with Gasteiger partial charge in [0.1, 0.15) is 5.82 Å². The van der Waals surface area contributed by atoms with Crippen LogP contribution in [0, 0.1) is 5.82 Å². The first-order chi connectivity index (χ1) is 10.2. The molecular formula is C13H15FN6O. The Morgan fingerprint density at radius 2 is 2.10 bits per heavy atom. The Kier molecular flexibility index (Phi) is 3.78. The zero-order valence-corrected chi connectivity index (χ0v) is 11.3. The minimum atomic E-state index is -0.338. The van der Waals surface area contributed by atoms with Crippen LogP contribution in [0.2, 0.25) is 0 Å². The molecule has 1 aromatic rings. The van der Waals surface area contributed by atoms with Crippen molar-refractivity contribution in [1.29, 1.82) is 0 Å². The molecule has 0 aromatic heterocycles. The van der Waals surface area contributed by atoms with Crippen LogP contribution in [0.25, 0.3) is 0 Å². The summed E-state index contributed by atoms with van der Waals surface area (Å²) in [5, 5.41) is 12.1. The molecule has 2 heterocycles. The van der Waals surface area contributed by atoms with Crippen molar-refractivity contribution in [3.05, 3.63) is 30.1 Å². The lowest BCUT2D eigenvalue weighted by Crippen LogP contribution is -2.46. The molecule has 3 N–H and O–H groups in total. The monoisotopic (exact) mass is 290 g/mol. The highest BCUT2D eigenvalue weighted by atomic mass is 19.1. The van der Waals surface area contributed by atoms with Gasteiger partial charge in [0.15, 0.2) is 17.4 Å². The molecule has 7 nitrogen and oxygen atoms in total. The molecule has 1 aromatic carbocycles. The third-order valence-electron chi connectivity index (χ3n) is 3.14. The maximum Gasteiger partial charge on any atom is 0.183 e. The Balaban J connectivity index is 1.76. The molecule has 21 heavy (non-hydrogen) atoms. The number of hydrogen-bond donors (Lipinski definition) is 2. The highest BCUT2D eigenvalue weighted by molar-refractivity contribution is 6.68. The number of nitrogens with one attached hydrogen (secondary N) is 1. The largest absolute Gasteiger partial charge is 0.380 e. The zero-order chi connectivity index (χ0) is 14.7. The van der Waals surface area contributed by atoms with Crippen LogP contribution < -0.4 is 11.2 Å². The molecule has 1 fully saturated rings. The fourth-order valence-electron chi connectivity index (χ4n) is 2.08. The molecule has 0 atom stereocenters. The number of anilines is 1. The van der Waals surface area contributed by atoms with E-state index in [1.54, 1.807) is 12.1 Å². The second kappa shape index (κ2) is 5.88. The lowest BCUT2D eigenvalue weighted by molar-refractivity contribution is 0.0689. The summed E-state index contributed by atoms with van der Waals surface area (Å²) in [6, 6.07) is 6.02. The third kappa shape index (κ3) is 3.00. The first-order valence-electron chi connectivity index (χ1n) is 6.58. The van der Waals surface area contributed by atoms with E-state index in [0.717, 1.165) is 0 Å². The quantitative estimate of drug-likeness (QED) is 0.781. The topological polar surface area (TPSA) is 87.6 Å². The van der Waals surface area contributed by atoms with Crippen molar-refractivity contribution in [1.82, 2.24) is 4.90 Å². The van der Waals surface area contributed by atoms with E-state index >= 15 is 0 Å². The summed E-state index contributed by atoms with van der Waals surface area (Å²) in [4.78, 5) is 2.01. The summed E-state index contributed by atoms with van der Waals surface area (Å²) in [6.07, 6.45) is 0. The summed E-state index contributed by atoms with van der Waals surface area (Å²) in [5.41, 5.74) is 9.57. The molecule has 0 spiro atoms. The molecule has 0 bridgehead atoms. The molecular weight excluding hydrogens is 275 g/mol. The van der Waals surface area contributed by atoms with Crippen molar-refractivity contribution in [2.24, 2.45) is 21.0 Å². The van der Waals surface area contributed by atoms with Gasteiger partial charge in [-0.1, -0.05) is 6.07 Å². The minimum Gasteiger partial charge on any atom is -0.380 e. The van der Waals surface area contributed by atoms with E-state index in [2.05, 4.69) is 20.7 Å². The second-order valence-electron chi connectivity index (χ2n) is 4.59. The molecule has 8 heteroatoms. The summed E-state index contributed by atoms with van der Waals surface area (Å²) in [5.74, 6) is 0.510. The Labute approximate surface area is 121 Å². The highest BCUT2D eigenvalue weighted by Crippen LogP contribution is 2.11. The van der Waals surface area contributed by atoms with E-state index < -0.39 is 0 Å². The van der Waals surface area contributed by atoms with Gasteiger partial charge in [0, 0.05) is 13.1 Å². The molecule has 0 amide bonds. The van der Waals surface area contributed by atoms with Crippen molar-refractivity contribution in [2.75, 3.05) is 31.7 Å². The number of nitrogens with zero attached hydrogens (tertiary/aromatic N) is 4. The standard InChI is InChI=1S/C13H15FN6O/c14-9-2-1-3-10(8-9)16-17-11-12(15)18-19-13(11)20-4-6-21-7-5-20/h1-3,8,16H,4-7H2,(H2,15,17,18). The fraction of sp³-hybridized carbons (Fsp3) is 0.308. The van der Waals surface area contributed by atoms with Gasteiger partial charge < -0.3 is 15.4 Å². The van der Waals surface area contributed by atoms with Crippen molar-refractivity contribution in [3.8, 4) is 0 Å². The number of hydrogen-bond acceptors (Lipinski definition) is 7.